The molecule has 1 aromatic heterocycles. The molecule has 0 amide bonds. The lowest BCUT2D eigenvalue weighted by atomic mass is 10.2. The molecule has 2 aromatic rings. The van der Waals surface area contributed by atoms with E-state index in [1.54, 1.807) is 30.0 Å². The van der Waals surface area contributed by atoms with E-state index in [0.29, 0.717) is 35.2 Å². The Kier molecular flexibility index (Phi) is 4.77. The highest BCUT2D eigenvalue weighted by Gasteiger charge is 2.15. The average molecular weight is 301 g/mol. The Bertz CT molecular complexity index is 673. The molecule has 0 bridgehead atoms. The van der Waals surface area contributed by atoms with Crippen molar-refractivity contribution >= 4 is 29.0 Å². The Balaban J connectivity index is 2.36. The molecule has 3 N–H and O–H groups in total. The molecule has 7 heteroatoms. The molecule has 22 heavy (non-hydrogen) atoms. The molecule has 2 rings (SSSR count). The molecule has 0 aliphatic heterocycles. The molecule has 0 unspecified atom stereocenters. The zero-order valence-electron chi connectivity index (χ0n) is 12.8. The van der Waals surface area contributed by atoms with Crippen LogP contribution in [0.1, 0.15) is 17.3 Å². The Labute approximate surface area is 129 Å². The molecular formula is C15H19N5O2. The smallest absolute Gasteiger partial charge is 0.340 e. The molecule has 1 heterocycles. The molecule has 0 aliphatic carbocycles. The predicted octanol–water partition coefficient (Wildman–Crippen LogP) is 2.05. The lowest BCUT2D eigenvalue weighted by Crippen LogP contribution is -2.15. The number of rotatable bonds is 5. The first-order chi connectivity index (χ1) is 10.5. The molecule has 116 valence electrons. The van der Waals surface area contributed by atoms with Gasteiger partial charge in [-0.3, -0.25) is 0 Å². The number of hydrogen-bond donors (Lipinski definition) is 2. The summed E-state index contributed by atoms with van der Waals surface area (Å²) in [5, 5.41) is 3.07. The second-order valence-electron chi connectivity index (χ2n) is 4.75. The van der Waals surface area contributed by atoms with Crippen LogP contribution < -0.4 is 16.0 Å². The fraction of sp³-hybridized carbons (Fsp3) is 0.267. The summed E-state index contributed by atoms with van der Waals surface area (Å²) in [6.45, 7) is 2.08. The summed E-state index contributed by atoms with van der Waals surface area (Å²) in [5.41, 5.74) is 7.48. The molecular weight excluding hydrogens is 282 g/mol. The van der Waals surface area contributed by atoms with Gasteiger partial charge in [0.25, 0.3) is 0 Å². The van der Waals surface area contributed by atoms with E-state index >= 15 is 0 Å². The van der Waals surface area contributed by atoms with Gasteiger partial charge in [-0.15, -0.1) is 0 Å². The van der Waals surface area contributed by atoms with Crippen LogP contribution in [0.2, 0.25) is 0 Å². The van der Waals surface area contributed by atoms with Crippen LogP contribution in [0, 0.1) is 0 Å². The van der Waals surface area contributed by atoms with Crippen LogP contribution in [-0.4, -0.2) is 36.6 Å². The van der Waals surface area contributed by atoms with Crippen LogP contribution in [0.5, 0.6) is 0 Å². The minimum absolute atomic E-state index is 0.313. The summed E-state index contributed by atoms with van der Waals surface area (Å²) in [7, 11) is 3.68. The average Bonchev–Trinajstić information content (AvgIpc) is 2.50. The minimum Gasteiger partial charge on any atom is -0.462 e. The number of aromatic nitrogens is 2. The Hall–Kier alpha value is -2.83. The SMILES string of the molecule is CCOC(=O)c1ccccc1Nc1ncnc(N(C)C)c1N. The van der Waals surface area contributed by atoms with Gasteiger partial charge in [-0.25, -0.2) is 14.8 Å². The molecule has 0 saturated heterocycles. The molecule has 0 saturated carbocycles. The zero-order valence-corrected chi connectivity index (χ0v) is 12.8. The molecule has 0 atom stereocenters. The van der Waals surface area contributed by atoms with Crippen LogP contribution in [0.3, 0.4) is 0 Å². The molecule has 1 aromatic carbocycles. The summed E-state index contributed by atoms with van der Waals surface area (Å²) in [4.78, 5) is 22.0. The van der Waals surface area contributed by atoms with E-state index in [1.807, 2.05) is 20.2 Å². The number of benzene rings is 1. The van der Waals surface area contributed by atoms with Crippen molar-refractivity contribution in [1.29, 1.82) is 0 Å². The van der Waals surface area contributed by atoms with Crippen molar-refractivity contribution in [3.8, 4) is 0 Å². The number of nitrogens with zero attached hydrogens (tertiary/aromatic N) is 3. The molecule has 0 spiro atoms. The lowest BCUT2D eigenvalue weighted by molar-refractivity contribution is 0.0527. The van der Waals surface area contributed by atoms with Crippen molar-refractivity contribution < 1.29 is 9.53 Å². The minimum atomic E-state index is -0.397. The monoisotopic (exact) mass is 301 g/mol. The number of esters is 1. The predicted molar refractivity (Wildman–Crippen MR) is 86.5 cm³/mol. The topological polar surface area (TPSA) is 93.4 Å². The third-order valence-corrected chi connectivity index (χ3v) is 2.96. The van der Waals surface area contributed by atoms with E-state index in [-0.39, 0.29) is 0 Å². The summed E-state index contributed by atoms with van der Waals surface area (Å²) in [6.07, 6.45) is 1.42. The Morgan fingerprint density at radius 2 is 2.05 bits per heavy atom. The maximum absolute atomic E-state index is 12.0. The first kappa shape index (κ1) is 15.6. The number of para-hydroxylation sites is 1. The number of nitrogens with two attached hydrogens (primary N) is 1. The van der Waals surface area contributed by atoms with Gasteiger partial charge in [0.1, 0.15) is 12.0 Å². The van der Waals surface area contributed by atoms with Crippen molar-refractivity contribution in [3.05, 3.63) is 36.2 Å². The molecule has 0 aliphatic rings. The van der Waals surface area contributed by atoms with Crippen LogP contribution in [0.15, 0.2) is 30.6 Å². The van der Waals surface area contributed by atoms with E-state index in [1.165, 1.54) is 6.33 Å². The quantitative estimate of drug-likeness (QED) is 0.816. The third-order valence-electron chi connectivity index (χ3n) is 2.96. The number of carbonyl (C=O) groups is 1. The van der Waals surface area contributed by atoms with Crippen molar-refractivity contribution in [1.82, 2.24) is 9.97 Å². The first-order valence-corrected chi connectivity index (χ1v) is 6.85. The standard InChI is InChI=1S/C15H19N5O2/c1-4-22-15(21)10-7-5-6-8-11(10)19-13-12(16)14(20(2)3)18-9-17-13/h5-9H,4,16H2,1-3H3,(H,17,18,19). The van der Waals surface area contributed by atoms with Crippen LogP contribution in [0.25, 0.3) is 0 Å². The van der Waals surface area contributed by atoms with Gasteiger partial charge in [-0.05, 0) is 19.1 Å². The van der Waals surface area contributed by atoms with Crippen molar-refractivity contribution in [2.75, 3.05) is 36.7 Å². The second kappa shape index (κ2) is 6.75. The number of carbonyl (C=O) groups excluding carboxylic acids is 1. The number of anilines is 4. The second-order valence-corrected chi connectivity index (χ2v) is 4.75. The van der Waals surface area contributed by atoms with E-state index in [9.17, 15) is 4.79 Å². The molecule has 0 radical (unpaired) electrons. The number of ether oxygens (including phenoxy) is 1. The largest absolute Gasteiger partial charge is 0.462 e. The summed E-state index contributed by atoms with van der Waals surface area (Å²) >= 11 is 0. The van der Waals surface area contributed by atoms with Gasteiger partial charge >= 0.3 is 5.97 Å². The number of nitrogens with one attached hydrogen (secondary N) is 1. The van der Waals surface area contributed by atoms with Gasteiger partial charge in [0, 0.05) is 14.1 Å². The fourth-order valence-electron chi connectivity index (χ4n) is 1.95. The van der Waals surface area contributed by atoms with Crippen LogP contribution in [-0.2, 0) is 4.74 Å². The van der Waals surface area contributed by atoms with Crippen molar-refractivity contribution in [2.24, 2.45) is 0 Å². The van der Waals surface area contributed by atoms with E-state index in [2.05, 4.69) is 15.3 Å². The van der Waals surface area contributed by atoms with Gasteiger partial charge in [0.2, 0.25) is 0 Å². The maximum atomic E-state index is 12.0. The molecule has 0 fully saturated rings. The van der Waals surface area contributed by atoms with Crippen LogP contribution in [0.4, 0.5) is 23.0 Å². The Morgan fingerprint density at radius 3 is 2.73 bits per heavy atom. The third kappa shape index (κ3) is 3.25. The van der Waals surface area contributed by atoms with E-state index in [4.69, 9.17) is 10.5 Å². The van der Waals surface area contributed by atoms with Gasteiger partial charge in [-0.1, -0.05) is 12.1 Å². The first-order valence-electron chi connectivity index (χ1n) is 6.85. The van der Waals surface area contributed by atoms with E-state index in [0.717, 1.165) is 0 Å². The van der Waals surface area contributed by atoms with Crippen LogP contribution >= 0.6 is 0 Å². The maximum Gasteiger partial charge on any atom is 0.340 e. The van der Waals surface area contributed by atoms with Gasteiger partial charge in [0.15, 0.2) is 11.6 Å². The highest BCUT2D eigenvalue weighted by atomic mass is 16.5. The lowest BCUT2D eigenvalue weighted by Gasteiger charge is -2.17. The summed E-state index contributed by atoms with van der Waals surface area (Å²) in [6, 6.07) is 7.04. The highest BCUT2D eigenvalue weighted by molar-refractivity contribution is 5.97. The highest BCUT2D eigenvalue weighted by Crippen LogP contribution is 2.28. The summed E-state index contributed by atoms with van der Waals surface area (Å²) in [5.74, 6) is 0.646. The Morgan fingerprint density at radius 1 is 1.32 bits per heavy atom. The fourth-order valence-corrected chi connectivity index (χ4v) is 1.95. The van der Waals surface area contributed by atoms with Gasteiger partial charge < -0.3 is 20.7 Å². The molecule has 7 nitrogen and oxygen atoms in total. The summed E-state index contributed by atoms with van der Waals surface area (Å²) < 4.78 is 5.05. The normalized spacial score (nSPS) is 10.1. The number of nitrogen functional groups attached to an aromatic ring is 1. The van der Waals surface area contributed by atoms with Gasteiger partial charge in [0.05, 0.1) is 17.9 Å². The van der Waals surface area contributed by atoms with Crippen molar-refractivity contribution in [2.45, 2.75) is 6.92 Å². The van der Waals surface area contributed by atoms with E-state index < -0.39 is 5.97 Å². The van der Waals surface area contributed by atoms with Gasteiger partial charge in [-0.2, -0.15) is 0 Å². The zero-order chi connectivity index (χ0) is 16.1. The van der Waals surface area contributed by atoms with Crippen molar-refractivity contribution in [3.63, 3.8) is 0 Å². The number of hydrogen-bond acceptors (Lipinski definition) is 7.